The molecule has 3 rings (SSSR count). The Labute approximate surface area is 113 Å². The fourth-order valence-corrected chi connectivity index (χ4v) is 2.98. The topological polar surface area (TPSA) is 64.1 Å². The van der Waals surface area contributed by atoms with Gasteiger partial charge in [0.05, 0.1) is 5.69 Å². The minimum absolute atomic E-state index is 0.443. The molecule has 4 nitrogen and oxygen atoms in total. The Morgan fingerprint density at radius 1 is 1.32 bits per heavy atom. The average molecular weight is 259 g/mol. The summed E-state index contributed by atoms with van der Waals surface area (Å²) in [5.74, 6) is 1.39. The highest BCUT2D eigenvalue weighted by Crippen LogP contribution is 2.32. The van der Waals surface area contributed by atoms with Crippen molar-refractivity contribution in [3.63, 3.8) is 0 Å². The first kappa shape index (κ1) is 12.3. The predicted octanol–water partition coefficient (Wildman–Crippen LogP) is 3.65. The van der Waals surface area contributed by atoms with E-state index in [2.05, 4.69) is 24.1 Å². The van der Waals surface area contributed by atoms with Gasteiger partial charge in [-0.25, -0.2) is 0 Å². The standard InChI is InChI=1S/C15H21N3O/c1-9-5-3-7-12(10(9)2)17-15-18-14-11(16)6-4-8-13(14)19-15/h4,6,8-10,12H,3,5,7,16H2,1-2H3,(H,17,18). The van der Waals surface area contributed by atoms with Crippen LogP contribution in [0.5, 0.6) is 0 Å². The zero-order chi connectivity index (χ0) is 13.4. The molecule has 0 saturated heterocycles. The zero-order valence-corrected chi connectivity index (χ0v) is 11.5. The van der Waals surface area contributed by atoms with E-state index >= 15 is 0 Å². The van der Waals surface area contributed by atoms with Crippen LogP contribution in [0.15, 0.2) is 22.6 Å². The van der Waals surface area contributed by atoms with Gasteiger partial charge in [0.2, 0.25) is 0 Å². The van der Waals surface area contributed by atoms with Crippen LogP contribution in [0.2, 0.25) is 0 Å². The molecular formula is C15H21N3O. The first-order chi connectivity index (χ1) is 9.15. The van der Waals surface area contributed by atoms with Crippen LogP contribution in [0.3, 0.4) is 0 Å². The van der Waals surface area contributed by atoms with Crippen LogP contribution in [-0.4, -0.2) is 11.0 Å². The number of benzene rings is 1. The smallest absolute Gasteiger partial charge is 0.295 e. The molecule has 102 valence electrons. The molecule has 1 saturated carbocycles. The van der Waals surface area contributed by atoms with Crippen LogP contribution in [0.4, 0.5) is 11.7 Å². The van der Waals surface area contributed by atoms with Gasteiger partial charge in [0, 0.05) is 6.04 Å². The van der Waals surface area contributed by atoms with Crippen LogP contribution < -0.4 is 11.1 Å². The summed E-state index contributed by atoms with van der Waals surface area (Å²) in [6.45, 7) is 4.63. The van der Waals surface area contributed by atoms with E-state index < -0.39 is 0 Å². The normalized spacial score (nSPS) is 27.6. The summed E-state index contributed by atoms with van der Waals surface area (Å²) < 4.78 is 5.73. The predicted molar refractivity (Wildman–Crippen MR) is 78.0 cm³/mol. The summed E-state index contributed by atoms with van der Waals surface area (Å²) in [6, 6.07) is 6.67. The summed E-state index contributed by atoms with van der Waals surface area (Å²) in [5, 5.41) is 3.44. The molecule has 1 aromatic carbocycles. The van der Waals surface area contributed by atoms with Gasteiger partial charge in [-0.05, 0) is 30.4 Å². The van der Waals surface area contributed by atoms with Crippen molar-refractivity contribution in [2.24, 2.45) is 11.8 Å². The molecule has 3 N–H and O–H groups in total. The largest absolute Gasteiger partial charge is 0.423 e. The van der Waals surface area contributed by atoms with Crippen LogP contribution in [0.25, 0.3) is 11.1 Å². The lowest BCUT2D eigenvalue weighted by molar-refractivity contribution is 0.250. The van der Waals surface area contributed by atoms with E-state index in [-0.39, 0.29) is 0 Å². The average Bonchev–Trinajstić information content (AvgIpc) is 2.79. The Morgan fingerprint density at radius 2 is 2.16 bits per heavy atom. The highest BCUT2D eigenvalue weighted by atomic mass is 16.4. The first-order valence-corrected chi connectivity index (χ1v) is 7.06. The first-order valence-electron chi connectivity index (χ1n) is 7.06. The van der Waals surface area contributed by atoms with Gasteiger partial charge in [-0.2, -0.15) is 4.98 Å². The minimum atomic E-state index is 0.443. The number of nitrogens with two attached hydrogens (primary N) is 1. The molecule has 1 heterocycles. The van der Waals surface area contributed by atoms with Crippen LogP contribution in [-0.2, 0) is 0 Å². The van der Waals surface area contributed by atoms with Gasteiger partial charge < -0.3 is 15.5 Å². The minimum Gasteiger partial charge on any atom is -0.423 e. The summed E-state index contributed by atoms with van der Waals surface area (Å²) in [7, 11) is 0. The SMILES string of the molecule is CC1CCCC(Nc2nc3c(N)cccc3o2)C1C. The molecule has 1 aromatic heterocycles. The number of rotatable bonds is 2. The third kappa shape index (κ3) is 2.27. The number of nitrogen functional groups attached to an aromatic ring is 1. The molecule has 1 aliphatic carbocycles. The molecule has 3 atom stereocenters. The molecular weight excluding hydrogens is 238 g/mol. The van der Waals surface area contributed by atoms with E-state index in [0.717, 1.165) is 17.0 Å². The molecule has 0 radical (unpaired) electrons. The second-order valence-corrected chi connectivity index (χ2v) is 5.73. The summed E-state index contributed by atoms with van der Waals surface area (Å²) in [6.07, 6.45) is 3.77. The number of anilines is 2. The van der Waals surface area contributed by atoms with E-state index in [1.165, 1.54) is 19.3 Å². The third-order valence-corrected chi connectivity index (χ3v) is 4.47. The molecule has 4 heteroatoms. The fraction of sp³-hybridized carbons (Fsp3) is 0.533. The zero-order valence-electron chi connectivity index (χ0n) is 11.5. The number of aromatic nitrogens is 1. The summed E-state index contributed by atoms with van der Waals surface area (Å²) in [4.78, 5) is 4.46. The molecule has 0 aliphatic heterocycles. The highest BCUT2D eigenvalue weighted by Gasteiger charge is 2.28. The second-order valence-electron chi connectivity index (χ2n) is 5.73. The number of nitrogens with one attached hydrogen (secondary N) is 1. The summed E-state index contributed by atoms with van der Waals surface area (Å²) >= 11 is 0. The third-order valence-electron chi connectivity index (χ3n) is 4.47. The van der Waals surface area contributed by atoms with Crippen molar-refractivity contribution < 1.29 is 4.42 Å². The number of para-hydroxylation sites is 1. The molecule has 1 fully saturated rings. The van der Waals surface area contributed by atoms with E-state index in [9.17, 15) is 0 Å². The van der Waals surface area contributed by atoms with Crippen molar-refractivity contribution in [2.45, 2.75) is 39.2 Å². The Hall–Kier alpha value is -1.71. The molecule has 1 aliphatic rings. The van der Waals surface area contributed by atoms with Gasteiger partial charge in [-0.1, -0.05) is 32.8 Å². The lowest BCUT2D eigenvalue weighted by Gasteiger charge is -2.34. The van der Waals surface area contributed by atoms with Crippen molar-refractivity contribution >= 4 is 22.8 Å². The molecule has 2 aromatic rings. The maximum Gasteiger partial charge on any atom is 0.295 e. The van der Waals surface area contributed by atoms with Gasteiger partial charge in [0.1, 0.15) is 5.52 Å². The van der Waals surface area contributed by atoms with Crippen LogP contribution >= 0.6 is 0 Å². The number of nitrogens with zero attached hydrogens (tertiary/aromatic N) is 1. The van der Waals surface area contributed by atoms with Gasteiger partial charge >= 0.3 is 0 Å². The van der Waals surface area contributed by atoms with Crippen molar-refractivity contribution in [3.05, 3.63) is 18.2 Å². The monoisotopic (exact) mass is 259 g/mol. The van der Waals surface area contributed by atoms with Gasteiger partial charge in [-0.15, -0.1) is 0 Å². The van der Waals surface area contributed by atoms with E-state index in [1.807, 2.05) is 18.2 Å². The second kappa shape index (κ2) is 4.76. The Kier molecular flexibility index (Phi) is 3.09. The number of oxazole rings is 1. The quantitative estimate of drug-likeness (QED) is 0.808. The number of hydrogen-bond donors (Lipinski definition) is 2. The Morgan fingerprint density at radius 3 is 2.95 bits per heavy atom. The van der Waals surface area contributed by atoms with Crippen LogP contribution in [0.1, 0.15) is 33.1 Å². The van der Waals surface area contributed by atoms with Crippen molar-refractivity contribution in [3.8, 4) is 0 Å². The van der Waals surface area contributed by atoms with E-state index in [4.69, 9.17) is 10.2 Å². The molecule has 0 bridgehead atoms. The Balaban J connectivity index is 1.83. The van der Waals surface area contributed by atoms with Gasteiger partial charge in [0.25, 0.3) is 6.01 Å². The lowest BCUT2D eigenvalue weighted by atomic mass is 9.78. The molecule has 19 heavy (non-hydrogen) atoms. The van der Waals surface area contributed by atoms with Crippen LogP contribution in [0, 0.1) is 11.8 Å². The van der Waals surface area contributed by atoms with Gasteiger partial charge in [-0.3, -0.25) is 0 Å². The highest BCUT2D eigenvalue weighted by molar-refractivity contribution is 5.86. The Bertz CT molecular complexity index is 578. The van der Waals surface area contributed by atoms with Crippen molar-refractivity contribution in [1.82, 2.24) is 4.98 Å². The van der Waals surface area contributed by atoms with E-state index in [0.29, 0.717) is 23.7 Å². The molecule has 3 unspecified atom stereocenters. The van der Waals surface area contributed by atoms with E-state index in [1.54, 1.807) is 0 Å². The fourth-order valence-electron chi connectivity index (χ4n) is 2.98. The summed E-state index contributed by atoms with van der Waals surface area (Å²) in [5.41, 5.74) is 8.07. The number of hydrogen-bond acceptors (Lipinski definition) is 4. The maximum absolute atomic E-state index is 5.90. The van der Waals surface area contributed by atoms with Gasteiger partial charge in [0.15, 0.2) is 5.58 Å². The maximum atomic E-state index is 5.90. The number of fused-ring (bicyclic) bond motifs is 1. The van der Waals surface area contributed by atoms with Crippen molar-refractivity contribution in [1.29, 1.82) is 0 Å². The molecule has 0 spiro atoms. The molecule has 0 amide bonds. The van der Waals surface area contributed by atoms with Crippen molar-refractivity contribution in [2.75, 3.05) is 11.1 Å². The lowest BCUT2D eigenvalue weighted by Crippen LogP contribution is -2.35.